The second kappa shape index (κ2) is 6.34. The van der Waals surface area contributed by atoms with E-state index in [2.05, 4.69) is 36.4 Å². The van der Waals surface area contributed by atoms with Gasteiger partial charge in [0, 0.05) is 5.02 Å². The van der Waals surface area contributed by atoms with Gasteiger partial charge in [-0.1, -0.05) is 78.3 Å². The van der Waals surface area contributed by atoms with Gasteiger partial charge < -0.3 is 0 Å². The highest BCUT2D eigenvalue weighted by molar-refractivity contribution is 6.30. The van der Waals surface area contributed by atoms with Gasteiger partial charge in [0.2, 0.25) is 0 Å². The summed E-state index contributed by atoms with van der Waals surface area (Å²) in [6, 6.07) is 26.3. The fourth-order valence-corrected chi connectivity index (χ4v) is 2.81. The van der Waals surface area contributed by atoms with Crippen LogP contribution < -0.4 is 0 Å². The fourth-order valence-electron chi connectivity index (χ4n) is 2.33. The van der Waals surface area contributed by atoms with Crippen LogP contribution in [0.25, 0.3) is 11.1 Å². The molecule has 0 spiro atoms. The van der Waals surface area contributed by atoms with Crippen molar-refractivity contribution < 1.29 is 0 Å². The lowest BCUT2D eigenvalue weighted by atomic mass is 10.00. The van der Waals surface area contributed by atoms with E-state index in [1.807, 2.05) is 42.5 Å². The second-order valence-electron chi connectivity index (χ2n) is 4.91. The SMILES string of the molecule is Clc1cccc(C(Cl)c2ccc(-c3ccccc3)cc2)c1. The molecule has 0 bridgehead atoms. The predicted molar refractivity (Wildman–Crippen MR) is 91.0 cm³/mol. The molecule has 0 N–H and O–H groups in total. The molecular weight excluding hydrogens is 299 g/mol. The van der Waals surface area contributed by atoms with Crippen LogP contribution in [0.4, 0.5) is 0 Å². The Labute approximate surface area is 135 Å². The maximum atomic E-state index is 6.54. The molecule has 1 atom stereocenters. The number of benzene rings is 3. The van der Waals surface area contributed by atoms with Gasteiger partial charge in [0.25, 0.3) is 0 Å². The predicted octanol–water partition coefficient (Wildman–Crippen LogP) is 6.34. The standard InChI is InChI=1S/C19H14Cl2/c20-18-8-4-7-17(13-18)19(21)16-11-9-15(10-12-16)14-5-2-1-3-6-14/h1-13,19H. The summed E-state index contributed by atoms with van der Waals surface area (Å²) in [5, 5.41) is 0.521. The molecule has 0 nitrogen and oxygen atoms in total. The topological polar surface area (TPSA) is 0 Å². The van der Waals surface area contributed by atoms with Crippen LogP contribution in [0.5, 0.6) is 0 Å². The molecule has 0 saturated heterocycles. The zero-order valence-electron chi connectivity index (χ0n) is 11.3. The third-order valence-corrected chi connectivity index (χ3v) is 4.19. The molecule has 1 unspecified atom stereocenters. The molecular formula is C19H14Cl2. The number of halogens is 2. The normalized spacial score (nSPS) is 12.1. The summed E-state index contributed by atoms with van der Waals surface area (Å²) >= 11 is 12.6. The van der Waals surface area contributed by atoms with Crippen LogP contribution in [0.3, 0.4) is 0 Å². The van der Waals surface area contributed by atoms with Crippen molar-refractivity contribution in [2.24, 2.45) is 0 Å². The van der Waals surface area contributed by atoms with Crippen LogP contribution >= 0.6 is 23.2 Å². The van der Waals surface area contributed by atoms with E-state index in [1.165, 1.54) is 11.1 Å². The van der Waals surface area contributed by atoms with Gasteiger partial charge in [-0.05, 0) is 34.4 Å². The molecule has 3 rings (SSSR count). The van der Waals surface area contributed by atoms with E-state index in [-0.39, 0.29) is 5.38 Å². The van der Waals surface area contributed by atoms with Gasteiger partial charge >= 0.3 is 0 Å². The van der Waals surface area contributed by atoms with E-state index < -0.39 is 0 Å². The van der Waals surface area contributed by atoms with Crippen molar-refractivity contribution in [3.8, 4) is 11.1 Å². The van der Waals surface area contributed by atoms with E-state index in [1.54, 1.807) is 0 Å². The summed E-state index contributed by atoms with van der Waals surface area (Å²) in [6.45, 7) is 0. The van der Waals surface area contributed by atoms with Crippen LogP contribution in [-0.4, -0.2) is 0 Å². The minimum atomic E-state index is -0.187. The van der Waals surface area contributed by atoms with Crippen molar-refractivity contribution in [1.29, 1.82) is 0 Å². The Hall–Kier alpha value is -1.76. The van der Waals surface area contributed by atoms with Crippen molar-refractivity contribution in [1.82, 2.24) is 0 Å². The van der Waals surface area contributed by atoms with Crippen LogP contribution in [-0.2, 0) is 0 Å². The van der Waals surface area contributed by atoms with Crippen LogP contribution in [0.2, 0.25) is 5.02 Å². The Balaban J connectivity index is 1.87. The molecule has 2 heteroatoms. The third-order valence-electron chi connectivity index (χ3n) is 3.45. The first-order chi connectivity index (χ1) is 10.2. The minimum Gasteiger partial charge on any atom is -0.113 e. The maximum Gasteiger partial charge on any atom is 0.0835 e. The molecule has 0 aliphatic carbocycles. The van der Waals surface area contributed by atoms with Crippen molar-refractivity contribution in [3.05, 3.63) is 95.0 Å². The summed E-state index contributed by atoms with van der Waals surface area (Å²) in [4.78, 5) is 0. The summed E-state index contributed by atoms with van der Waals surface area (Å²) < 4.78 is 0. The molecule has 21 heavy (non-hydrogen) atoms. The summed E-state index contributed by atoms with van der Waals surface area (Å²) in [7, 11) is 0. The Kier molecular flexibility index (Phi) is 4.28. The van der Waals surface area contributed by atoms with E-state index in [4.69, 9.17) is 23.2 Å². The molecule has 3 aromatic rings. The van der Waals surface area contributed by atoms with Crippen LogP contribution in [0.1, 0.15) is 16.5 Å². The lowest BCUT2D eigenvalue weighted by molar-refractivity contribution is 1.14. The highest BCUT2D eigenvalue weighted by Gasteiger charge is 2.11. The first-order valence-electron chi connectivity index (χ1n) is 6.79. The lowest BCUT2D eigenvalue weighted by Crippen LogP contribution is -1.93. The number of rotatable bonds is 3. The second-order valence-corrected chi connectivity index (χ2v) is 5.78. The zero-order chi connectivity index (χ0) is 14.7. The Morgan fingerprint density at radius 3 is 1.95 bits per heavy atom. The molecule has 0 heterocycles. The van der Waals surface area contributed by atoms with Crippen molar-refractivity contribution >= 4 is 23.2 Å². The van der Waals surface area contributed by atoms with Gasteiger partial charge in [-0.3, -0.25) is 0 Å². The van der Waals surface area contributed by atoms with Gasteiger partial charge in [-0.15, -0.1) is 11.6 Å². The van der Waals surface area contributed by atoms with Gasteiger partial charge in [0.1, 0.15) is 0 Å². The van der Waals surface area contributed by atoms with E-state index in [9.17, 15) is 0 Å². The molecule has 0 amide bonds. The van der Waals surface area contributed by atoms with Gasteiger partial charge in [-0.25, -0.2) is 0 Å². The Bertz CT molecular complexity index is 718. The Morgan fingerprint density at radius 1 is 0.619 bits per heavy atom. The average molecular weight is 313 g/mol. The third kappa shape index (κ3) is 3.29. The van der Waals surface area contributed by atoms with Crippen molar-refractivity contribution in [3.63, 3.8) is 0 Å². The average Bonchev–Trinajstić information content (AvgIpc) is 2.55. The van der Waals surface area contributed by atoms with Gasteiger partial charge in [0.05, 0.1) is 5.38 Å². The van der Waals surface area contributed by atoms with Crippen LogP contribution in [0.15, 0.2) is 78.9 Å². The first kappa shape index (κ1) is 14.2. The quantitative estimate of drug-likeness (QED) is 0.495. The molecule has 0 aliphatic rings. The zero-order valence-corrected chi connectivity index (χ0v) is 12.9. The number of alkyl halides is 1. The molecule has 0 saturated carbocycles. The molecule has 0 aromatic heterocycles. The monoisotopic (exact) mass is 312 g/mol. The fraction of sp³-hybridized carbons (Fsp3) is 0.0526. The Morgan fingerprint density at radius 2 is 1.29 bits per heavy atom. The van der Waals surface area contributed by atoms with E-state index >= 15 is 0 Å². The van der Waals surface area contributed by atoms with Crippen LogP contribution in [0, 0.1) is 0 Å². The number of hydrogen-bond donors (Lipinski definition) is 0. The van der Waals surface area contributed by atoms with Gasteiger partial charge in [0.15, 0.2) is 0 Å². The molecule has 0 fully saturated rings. The summed E-state index contributed by atoms with van der Waals surface area (Å²) in [5.41, 5.74) is 4.47. The molecule has 3 aromatic carbocycles. The largest absolute Gasteiger partial charge is 0.113 e. The minimum absolute atomic E-state index is 0.187. The summed E-state index contributed by atoms with van der Waals surface area (Å²) in [6.07, 6.45) is 0. The van der Waals surface area contributed by atoms with E-state index in [0.29, 0.717) is 5.02 Å². The van der Waals surface area contributed by atoms with Crippen molar-refractivity contribution in [2.45, 2.75) is 5.38 Å². The highest BCUT2D eigenvalue weighted by Crippen LogP contribution is 2.31. The molecule has 0 radical (unpaired) electrons. The highest BCUT2D eigenvalue weighted by atomic mass is 35.5. The van der Waals surface area contributed by atoms with Crippen molar-refractivity contribution in [2.75, 3.05) is 0 Å². The maximum absolute atomic E-state index is 6.54. The first-order valence-corrected chi connectivity index (χ1v) is 7.60. The number of hydrogen-bond acceptors (Lipinski definition) is 0. The van der Waals surface area contributed by atoms with E-state index in [0.717, 1.165) is 11.1 Å². The lowest BCUT2D eigenvalue weighted by Gasteiger charge is -2.11. The smallest absolute Gasteiger partial charge is 0.0835 e. The van der Waals surface area contributed by atoms with Gasteiger partial charge in [-0.2, -0.15) is 0 Å². The summed E-state index contributed by atoms with van der Waals surface area (Å²) in [5.74, 6) is 0. The molecule has 0 aliphatic heterocycles. The molecule has 104 valence electrons.